The second-order valence-electron chi connectivity index (χ2n) is 7.01. The molecule has 2 heterocycles. The number of thioether (sulfide) groups is 1. The molecule has 1 saturated carbocycles. The van der Waals surface area contributed by atoms with Gasteiger partial charge in [-0.15, -0.1) is 10.2 Å². The Hall–Kier alpha value is -1.98. The van der Waals surface area contributed by atoms with Crippen molar-refractivity contribution < 1.29 is 22.7 Å². The van der Waals surface area contributed by atoms with Gasteiger partial charge in [-0.25, -0.2) is 0 Å². The highest BCUT2D eigenvalue weighted by Gasteiger charge is 2.34. The average Bonchev–Trinajstić information content (AvgIpc) is 3.46. The summed E-state index contributed by atoms with van der Waals surface area (Å²) in [6.07, 6.45) is -2.54. The molecular formula is C18H19ClF3N5O2S. The Labute approximate surface area is 179 Å². The Kier molecular flexibility index (Phi) is 6.12. The van der Waals surface area contributed by atoms with Gasteiger partial charge in [0.15, 0.2) is 5.16 Å². The molecule has 0 radical (unpaired) electrons. The van der Waals surface area contributed by atoms with Crippen LogP contribution in [0.2, 0.25) is 5.02 Å². The van der Waals surface area contributed by atoms with E-state index in [0.29, 0.717) is 24.4 Å². The summed E-state index contributed by atoms with van der Waals surface area (Å²) >= 11 is 6.82. The molecule has 0 atom stereocenters. The van der Waals surface area contributed by atoms with Crippen molar-refractivity contribution in [3.8, 4) is 0 Å². The molecule has 2 aliphatic rings. The van der Waals surface area contributed by atoms with Gasteiger partial charge in [-0.05, 0) is 31.0 Å². The summed E-state index contributed by atoms with van der Waals surface area (Å²) in [7, 11) is 0. The lowest BCUT2D eigenvalue weighted by Crippen LogP contribution is -2.38. The van der Waals surface area contributed by atoms with Gasteiger partial charge in [-0.2, -0.15) is 13.2 Å². The largest absolute Gasteiger partial charge is 0.417 e. The molecule has 7 nitrogen and oxygen atoms in total. The summed E-state index contributed by atoms with van der Waals surface area (Å²) in [5.74, 6) is 0.336. The molecular weight excluding hydrogens is 443 g/mol. The number of benzene rings is 1. The first kappa shape index (κ1) is 21.3. The van der Waals surface area contributed by atoms with E-state index in [-0.39, 0.29) is 11.4 Å². The summed E-state index contributed by atoms with van der Waals surface area (Å²) < 4.78 is 46.4. The third kappa shape index (κ3) is 4.84. The van der Waals surface area contributed by atoms with Crippen molar-refractivity contribution >= 4 is 40.9 Å². The predicted octanol–water partition coefficient (Wildman–Crippen LogP) is 3.85. The van der Waals surface area contributed by atoms with Gasteiger partial charge in [0, 0.05) is 24.8 Å². The third-order valence-electron chi connectivity index (χ3n) is 4.74. The van der Waals surface area contributed by atoms with Crippen molar-refractivity contribution in [2.45, 2.75) is 30.2 Å². The first-order chi connectivity index (χ1) is 14.3. The third-order valence-corrected chi connectivity index (χ3v) is 6.01. The summed E-state index contributed by atoms with van der Waals surface area (Å²) in [6.45, 7) is 2.72. The van der Waals surface area contributed by atoms with Crippen LogP contribution < -0.4 is 10.2 Å². The molecule has 1 aromatic carbocycles. The van der Waals surface area contributed by atoms with Crippen LogP contribution in [0.15, 0.2) is 23.4 Å². The van der Waals surface area contributed by atoms with Crippen LogP contribution in [0.4, 0.5) is 24.8 Å². The minimum atomic E-state index is -4.59. The lowest BCUT2D eigenvalue weighted by Gasteiger charge is -2.27. The molecule has 0 spiro atoms. The minimum absolute atomic E-state index is 0.00204. The van der Waals surface area contributed by atoms with Crippen molar-refractivity contribution in [2.24, 2.45) is 0 Å². The number of aromatic nitrogens is 3. The van der Waals surface area contributed by atoms with Crippen LogP contribution in [0.1, 0.15) is 24.4 Å². The average molecular weight is 462 g/mol. The maximum absolute atomic E-state index is 13.0. The summed E-state index contributed by atoms with van der Waals surface area (Å²) in [5, 5.41) is 11.2. The van der Waals surface area contributed by atoms with Crippen LogP contribution in [0.25, 0.3) is 0 Å². The van der Waals surface area contributed by atoms with Crippen LogP contribution in [-0.2, 0) is 15.7 Å². The number of morpholine rings is 1. The van der Waals surface area contributed by atoms with E-state index in [0.717, 1.165) is 44.0 Å². The number of ether oxygens (including phenoxy) is 1. The molecule has 4 rings (SSSR count). The maximum atomic E-state index is 13.0. The summed E-state index contributed by atoms with van der Waals surface area (Å²) in [4.78, 5) is 14.4. The van der Waals surface area contributed by atoms with Gasteiger partial charge < -0.3 is 15.0 Å². The Morgan fingerprint density at radius 2 is 2.00 bits per heavy atom. The Morgan fingerprint density at radius 3 is 2.67 bits per heavy atom. The van der Waals surface area contributed by atoms with E-state index in [1.54, 1.807) is 0 Å². The lowest BCUT2D eigenvalue weighted by molar-refractivity contribution is -0.137. The molecule has 2 fully saturated rings. The Bertz CT molecular complexity index is 929. The molecule has 12 heteroatoms. The maximum Gasteiger partial charge on any atom is 0.417 e. The molecule has 1 aliphatic carbocycles. The molecule has 162 valence electrons. The number of halogens is 4. The van der Waals surface area contributed by atoms with Gasteiger partial charge in [-0.3, -0.25) is 9.36 Å². The molecule has 1 saturated heterocycles. The molecule has 1 aliphatic heterocycles. The number of nitrogens with zero attached hydrogens (tertiary/aromatic N) is 4. The highest BCUT2D eigenvalue weighted by Crippen LogP contribution is 2.41. The fourth-order valence-electron chi connectivity index (χ4n) is 3.15. The quantitative estimate of drug-likeness (QED) is 0.659. The number of alkyl halides is 3. The second kappa shape index (κ2) is 8.64. The van der Waals surface area contributed by atoms with Gasteiger partial charge in [0.25, 0.3) is 0 Å². The normalized spacial score (nSPS) is 17.3. The lowest BCUT2D eigenvalue weighted by atomic mass is 10.2. The van der Waals surface area contributed by atoms with Gasteiger partial charge in [0.1, 0.15) is 0 Å². The Morgan fingerprint density at radius 1 is 1.27 bits per heavy atom. The van der Waals surface area contributed by atoms with Crippen molar-refractivity contribution in [3.05, 3.63) is 28.8 Å². The summed E-state index contributed by atoms with van der Waals surface area (Å²) in [5.41, 5.74) is -0.951. The minimum Gasteiger partial charge on any atom is -0.378 e. The van der Waals surface area contributed by atoms with E-state index in [2.05, 4.69) is 20.4 Å². The zero-order valence-corrected chi connectivity index (χ0v) is 17.4. The summed E-state index contributed by atoms with van der Waals surface area (Å²) in [6, 6.07) is 3.59. The molecule has 1 amide bonds. The van der Waals surface area contributed by atoms with Gasteiger partial charge in [0.05, 0.1) is 29.6 Å². The number of anilines is 2. The van der Waals surface area contributed by atoms with E-state index in [9.17, 15) is 18.0 Å². The zero-order valence-electron chi connectivity index (χ0n) is 15.8. The molecule has 1 N–H and O–H groups in total. The first-order valence-corrected chi connectivity index (χ1v) is 10.8. The SMILES string of the molecule is O=C(CSc1nnc(N2CCOCC2)n1C1CC1)Nc1ccc(Cl)c(C(F)(F)F)c1. The topological polar surface area (TPSA) is 72.3 Å². The zero-order chi connectivity index (χ0) is 21.3. The monoisotopic (exact) mass is 461 g/mol. The number of carbonyl (C=O) groups excluding carboxylic acids is 1. The molecule has 1 aromatic heterocycles. The van der Waals surface area contributed by atoms with E-state index in [1.807, 2.05) is 4.57 Å². The first-order valence-electron chi connectivity index (χ1n) is 9.40. The van der Waals surface area contributed by atoms with E-state index in [1.165, 1.54) is 17.8 Å². The fourth-order valence-corrected chi connectivity index (χ4v) is 4.17. The molecule has 0 bridgehead atoms. The van der Waals surface area contributed by atoms with Crippen LogP contribution in [-0.4, -0.2) is 52.7 Å². The van der Waals surface area contributed by atoms with Gasteiger partial charge in [0.2, 0.25) is 11.9 Å². The van der Waals surface area contributed by atoms with E-state index < -0.39 is 22.7 Å². The van der Waals surface area contributed by atoms with Crippen LogP contribution in [0.5, 0.6) is 0 Å². The standard InChI is InChI=1S/C18H19ClF3N5O2S/c19-14-4-1-11(9-13(14)18(20,21)22)23-15(28)10-30-17-25-24-16(27(17)12-2-3-12)26-5-7-29-8-6-26/h1,4,9,12H,2-3,5-8,10H2,(H,23,28). The molecule has 0 unspecified atom stereocenters. The molecule has 2 aromatic rings. The fraction of sp³-hybridized carbons (Fsp3) is 0.500. The van der Waals surface area contributed by atoms with Crippen LogP contribution in [0, 0.1) is 0 Å². The second-order valence-corrected chi connectivity index (χ2v) is 8.36. The highest BCUT2D eigenvalue weighted by atomic mass is 35.5. The molecule has 30 heavy (non-hydrogen) atoms. The van der Waals surface area contributed by atoms with Gasteiger partial charge >= 0.3 is 6.18 Å². The van der Waals surface area contributed by atoms with Crippen molar-refractivity contribution in [1.82, 2.24) is 14.8 Å². The number of carbonyl (C=O) groups is 1. The predicted molar refractivity (Wildman–Crippen MR) is 107 cm³/mol. The van der Waals surface area contributed by atoms with Crippen molar-refractivity contribution in [1.29, 1.82) is 0 Å². The van der Waals surface area contributed by atoms with Crippen LogP contribution >= 0.6 is 23.4 Å². The van der Waals surface area contributed by atoms with Gasteiger partial charge in [-0.1, -0.05) is 23.4 Å². The van der Waals surface area contributed by atoms with Crippen molar-refractivity contribution in [2.75, 3.05) is 42.3 Å². The number of amides is 1. The number of hydrogen-bond acceptors (Lipinski definition) is 6. The van der Waals surface area contributed by atoms with E-state index in [4.69, 9.17) is 16.3 Å². The van der Waals surface area contributed by atoms with Crippen molar-refractivity contribution in [3.63, 3.8) is 0 Å². The van der Waals surface area contributed by atoms with Crippen LogP contribution in [0.3, 0.4) is 0 Å². The number of hydrogen-bond donors (Lipinski definition) is 1. The van der Waals surface area contributed by atoms with E-state index >= 15 is 0 Å². The Balaban J connectivity index is 1.42. The smallest absolute Gasteiger partial charge is 0.378 e. The number of nitrogens with one attached hydrogen (secondary N) is 1. The highest BCUT2D eigenvalue weighted by molar-refractivity contribution is 7.99. The number of rotatable bonds is 6.